The first-order chi connectivity index (χ1) is 26.3. The van der Waals surface area contributed by atoms with E-state index in [2.05, 4.69) is 21.3 Å². The van der Waals surface area contributed by atoms with Gasteiger partial charge in [-0.25, -0.2) is 0 Å². The summed E-state index contributed by atoms with van der Waals surface area (Å²) in [6, 6.07) is 20.8. The van der Waals surface area contributed by atoms with Crippen molar-refractivity contribution in [1.82, 2.24) is 0 Å². The highest BCUT2D eigenvalue weighted by molar-refractivity contribution is 7.86. The molecule has 286 valence electrons. The normalized spacial score (nSPS) is 11.6. The number of carbonyl (C=O) groups excluding carboxylic acids is 4. The summed E-state index contributed by atoms with van der Waals surface area (Å²) in [6.45, 7) is 3.25. The fraction of sp³-hybridized carbons (Fsp3) is 0.0526. The van der Waals surface area contributed by atoms with Crippen molar-refractivity contribution in [3.05, 3.63) is 119 Å². The zero-order valence-electron chi connectivity index (χ0n) is 29.1. The van der Waals surface area contributed by atoms with E-state index < -0.39 is 53.7 Å². The summed E-state index contributed by atoms with van der Waals surface area (Å²) in [5.41, 5.74) is 1.57. The fourth-order valence-corrected chi connectivity index (χ4v) is 7.30. The van der Waals surface area contributed by atoms with Gasteiger partial charge in [0.2, 0.25) is 0 Å². The van der Waals surface area contributed by atoms with Gasteiger partial charge in [-0.1, -0.05) is 12.1 Å². The maximum Gasteiger partial charge on any atom is 0.314 e. The van der Waals surface area contributed by atoms with Gasteiger partial charge < -0.3 is 31.5 Å². The summed E-state index contributed by atoms with van der Waals surface area (Å²) >= 11 is 0. The van der Waals surface area contributed by atoms with Gasteiger partial charge >= 0.3 is 11.8 Å². The van der Waals surface area contributed by atoms with Crippen LogP contribution in [0.5, 0.6) is 11.5 Å². The Kier molecular flexibility index (Phi) is 10.2. The molecular weight excluding hydrogens is 769 g/mol. The second-order valence-corrected chi connectivity index (χ2v) is 15.3. The zero-order valence-corrected chi connectivity index (χ0v) is 30.7. The number of nitrogens with one attached hydrogen (secondary N) is 4. The molecule has 0 radical (unpaired) electrons. The number of aryl methyl sites for hydroxylation is 2. The average Bonchev–Trinajstić information content (AvgIpc) is 3.11. The van der Waals surface area contributed by atoms with Crippen molar-refractivity contribution in [1.29, 1.82) is 0 Å². The SMILES string of the molecule is Cc1ccc(NC(=O)C(=O)Nc2ccc(C)c(C(=O)Nc3ccc(S(=O)(=O)O)c4cc(O)ccc34)c2)cc1C(=O)Nc1ccc(S(=O)(=O)O)c2cc(O)ccc12. The van der Waals surface area contributed by atoms with Crippen molar-refractivity contribution in [2.75, 3.05) is 21.3 Å². The minimum absolute atomic E-state index is 0.0426. The Hall–Kier alpha value is -6.86. The average molecular weight is 799 g/mol. The van der Waals surface area contributed by atoms with Crippen molar-refractivity contribution in [2.45, 2.75) is 23.6 Å². The van der Waals surface area contributed by atoms with Crippen LogP contribution in [0.3, 0.4) is 0 Å². The molecule has 56 heavy (non-hydrogen) atoms. The van der Waals surface area contributed by atoms with Gasteiger partial charge in [0, 0.05) is 55.4 Å². The molecule has 0 saturated heterocycles. The molecule has 0 saturated carbocycles. The highest BCUT2D eigenvalue weighted by atomic mass is 32.2. The number of benzene rings is 6. The molecule has 0 fully saturated rings. The van der Waals surface area contributed by atoms with Crippen LogP contribution in [0.15, 0.2) is 107 Å². The number of phenolic OH excluding ortho intramolecular Hbond substituents is 2. The first kappa shape index (κ1) is 38.9. The summed E-state index contributed by atoms with van der Waals surface area (Å²) in [7, 11) is -9.34. The molecule has 4 amide bonds. The lowest BCUT2D eigenvalue weighted by Gasteiger charge is -2.14. The number of aromatic hydroxyl groups is 2. The van der Waals surface area contributed by atoms with Gasteiger partial charge in [0.1, 0.15) is 21.3 Å². The van der Waals surface area contributed by atoms with E-state index in [1.165, 1.54) is 72.8 Å². The minimum Gasteiger partial charge on any atom is -0.508 e. The van der Waals surface area contributed by atoms with Gasteiger partial charge in [0.05, 0.1) is 0 Å². The Morgan fingerprint density at radius 2 is 0.839 bits per heavy atom. The van der Waals surface area contributed by atoms with E-state index in [-0.39, 0.29) is 66.9 Å². The van der Waals surface area contributed by atoms with E-state index in [1.807, 2.05) is 0 Å². The van der Waals surface area contributed by atoms with E-state index in [0.29, 0.717) is 11.1 Å². The van der Waals surface area contributed by atoms with E-state index in [9.17, 15) is 55.3 Å². The van der Waals surface area contributed by atoms with Crippen LogP contribution < -0.4 is 21.3 Å². The molecule has 0 unspecified atom stereocenters. The van der Waals surface area contributed by atoms with Gasteiger partial charge in [-0.2, -0.15) is 16.8 Å². The molecule has 0 bridgehead atoms. The lowest BCUT2D eigenvalue weighted by molar-refractivity contribution is -0.132. The van der Waals surface area contributed by atoms with Crippen molar-refractivity contribution in [2.24, 2.45) is 0 Å². The molecule has 18 heteroatoms. The van der Waals surface area contributed by atoms with Crippen LogP contribution >= 0.6 is 0 Å². The quantitative estimate of drug-likeness (QED) is 0.0691. The highest BCUT2D eigenvalue weighted by Gasteiger charge is 2.22. The zero-order chi connectivity index (χ0) is 40.7. The van der Waals surface area contributed by atoms with Crippen LogP contribution in [0.1, 0.15) is 31.8 Å². The number of carbonyl (C=O) groups is 4. The summed E-state index contributed by atoms with van der Waals surface area (Å²) in [6.07, 6.45) is 0. The Balaban J connectivity index is 1.17. The molecule has 6 rings (SSSR count). The van der Waals surface area contributed by atoms with Gasteiger partial charge in [-0.15, -0.1) is 0 Å². The third kappa shape index (κ3) is 8.12. The van der Waals surface area contributed by atoms with Crippen molar-refractivity contribution in [3.63, 3.8) is 0 Å². The summed E-state index contributed by atoms with van der Waals surface area (Å²) < 4.78 is 66.9. The third-order valence-corrected chi connectivity index (χ3v) is 10.5. The maximum atomic E-state index is 13.4. The van der Waals surface area contributed by atoms with E-state index in [1.54, 1.807) is 13.8 Å². The van der Waals surface area contributed by atoms with E-state index in [4.69, 9.17) is 0 Å². The molecule has 0 heterocycles. The van der Waals surface area contributed by atoms with Crippen LogP contribution in [-0.2, 0) is 29.8 Å². The highest BCUT2D eigenvalue weighted by Crippen LogP contribution is 2.34. The lowest BCUT2D eigenvalue weighted by atomic mass is 10.1. The van der Waals surface area contributed by atoms with Gasteiger partial charge in [-0.3, -0.25) is 28.3 Å². The van der Waals surface area contributed by atoms with Crippen molar-refractivity contribution >= 4 is 88.2 Å². The standard InChI is InChI=1S/C38H30N4O12S2/c1-19-3-5-21(15-27(19)35(45)41-31-11-13-33(55(49,50)51)29-17-23(43)7-9-25(29)31)39-37(47)38(48)40-22-6-4-20(2)28(16-22)36(46)42-32-12-14-34(56(52,53)54)30-18-24(44)8-10-26(30)32/h3-18,43-44H,1-2H3,(H,39,47)(H,40,48)(H,41,45)(H,42,46)(H,49,50,51)(H,52,53,54). The number of amides is 4. The Labute approximate surface area is 318 Å². The van der Waals surface area contributed by atoms with Crippen LogP contribution in [0, 0.1) is 13.8 Å². The predicted molar refractivity (Wildman–Crippen MR) is 206 cm³/mol. The molecule has 16 nitrogen and oxygen atoms in total. The molecule has 0 aliphatic carbocycles. The number of rotatable bonds is 8. The van der Waals surface area contributed by atoms with Crippen molar-refractivity contribution < 1.29 is 55.3 Å². The first-order valence-corrected chi connectivity index (χ1v) is 19.1. The Morgan fingerprint density at radius 1 is 0.464 bits per heavy atom. The number of phenols is 2. The topological polar surface area (TPSA) is 266 Å². The molecular formula is C38H30N4O12S2. The summed E-state index contributed by atoms with van der Waals surface area (Å²) in [4.78, 5) is 51.8. The second-order valence-electron chi connectivity index (χ2n) is 12.5. The molecule has 0 aromatic heterocycles. The van der Waals surface area contributed by atoms with Gasteiger partial charge in [0.15, 0.2) is 0 Å². The molecule has 8 N–H and O–H groups in total. The summed E-state index contributed by atoms with van der Waals surface area (Å²) in [5, 5.41) is 30.3. The van der Waals surface area contributed by atoms with Gasteiger partial charge in [0.25, 0.3) is 32.1 Å². The van der Waals surface area contributed by atoms with E-state index >= 15 is 0 Å². The Morgan fingerprint density at radius 3 is 1.20 bits per heavy atom. The number of fused-ring (bicyclic) bond motifs is 2. The molecule has 0 spiro atoms. The maximum absolute atomic E-state index is 13.4. The minimum atomic E-state index is -4.67. The van der Waals surface area contributed by atoms with Crippen LogP contribution in [0.2, 0.25) is 0 Å². The Bertz CT molecular complexity index is 2700. The third-order valence-electron chi connectivity index (χ3n) is 8.66. The van der Waals surface area contributed by atoms with Crippen LogP contribution in [0.4, 0.5) is 22.7 Å². The predicted octanol–water partition coefficient (Wildman–Crippen LogP) is 5.60. The molecule has 6 aromatic rings. The molecule has 6 aromatic carbocycles. The molecule has 0 aliphatic heterocycles. The number of anilines is 4. The second kappa shape index (κ2) is 14.8. The van der Waals surface area contributed by atoms with Crippen LogP contribution in [-0.4, -0.2) is 59.8 Å². The smallest absolute Gasteiger partial charge is 0.314 e. The van der Waals surface area contributed by atoms with Gasteiger partial charge in [-0.05, 0) is 110 Å². The largest absolute Gasteiger partial charge is 0.508 e. The molecule has 0 atom stereocenters. The monoisotopic (exact) mass is 798 g/mol. The van der Waals surface area contributed by atoms with Crippen molar-refractivity contribution in [3.8, 4) is 11.5 Å². The van der Waals surface area contributed by atoms with Crippen LogP contribution in [0.25, 0.3) is 21.5 Å². The number of hydrogen-bond donors (Lipinski definition) is 8. The summed E-state index contributed by atoms with van der Waals surface area (Å²) in [5.74, 6) is -4.11. The van der Waals surface area contributed by atoms with E-state index in [0.717, 1.165) is 24.3 Å². The lowest BCUT2D eigenvalue weighted by Crippen LogP contribution is -2.29. The molecule has 0 aliphatic rings. The first-order valence-electron chi connectivity index (χ1n) is 16.2. The number of hydrogen-bond acceptors (Lipinski definition) is 10. The fourth-order valence-electron chi connectivity index (χ4n) is 5.93.